The maximum absolute atomic E-state index is 2.52. The highest BCUT2D eigenvalue weighted by Gasteiger charge is 2.39. The molecule has 2 aliphatic rings. The van der Waals surface area contributed by atoms with Crippen LogP contribution in [-0.2, 0) is 10.8 Å². The highest BCUT2D eigenvalue weighted by atomic mass is 15.1. The Kier molecular flexibility index (Phi) is 7.96. The summed E-state index contributed by atoms with van der Waals surface area (Å²) in [5, 5.41) is 2.51. The van der Waals surface area contributed by atoms with Gasteiger partial charge in [-0.3, -0.25) is 0 Å². The fourth-order valence-electron chi connectivity index (χ4n) is 11.0. The second kappa shape index (κ2) is 13.5. The van der Waals surface area contributed by atoms with Gasteiger partial charge in [0.15, 0.2) is 0 Å². The van der Waals surface area contributed by atoms with Gasteiger partial charge in [0.25, 0.3) is 0 Å². The first-order chi connectivity index (χ1) is 30.3. The number of anilines is 3. The van der Waals surface area contributed by atoms with Crippen molar-refractivity contribution in [2.24, 2.45) is 0 Å². The molecule has 0 radical (unpaired) electrons. The Bertz CT molecular complexity index is 3400. The monoisotopic (exact) mass is 794 g/mol. The molecule has 0 bridgehead atoms. The molecular weight excluding hydrogens is 749 g/mol. The van der Waals surface area contributed by atoms with E-state index < -0.39 is 0 Å². The highest BCUT2D eigenvalue weighted by molar-refractivity contribution is 6.14. The van der Waals surface area contributed by atoms with E-state index in [9.17, 15) is 0 Å². The molecule has 2 heteroatoms. The van der Waals surface area contributed by atoms with Crippen LogP contribution in [0.3, 0.4) is 0 Å². The van der Waals surface area contributed by atoms with Crippen molar-refractivity contribution in [1.29, 1.82) is 0 Å². The summed E-state index contributed by atoms with van der Waals surface area (Å²) >= 11 is 0. The maximum atomic E-state index is 2.52. The van der Waals surface area contributed by atoms with Gasteiger partial charge in [-0.1, -0.05) is 185 Å². The SMILES string of the molecule is CC1(C)c2ccccc2-c2cc(-c3ccccc3N(c3ccc(-c4cccc5c6ccccc6n(-c6ccccc6)c45)cc3)c3cccc4c3-c3ccccc3C4(C)C)ccc21. The van der Waals surface area contributed by atoms with Crippen LogP contribution in [0, 0.1) is 0 Å². The van der Waals surface area contributed by atoms with Crippen LogP contribution in [-0.4, -0.2) is 4.57 Å². The third-order valence-corrected chi connectivity index (χ3v) is 14.0. The van der Waals surface area contributed by atoms with Crippen molar-refractivity contribution < 1.29 is 0 Å². The summed E-state index contributed by atoms with van der Waals surface area (Å²) < 4.78 is 2.43. The number of hydrogen-bond acceptors (Lipinski definition) is 1. The normalized spacial score (nSPS) is 14.1. The van der Waals surface area contributed by atoms with Crippen molar-refractivity contribution in [3.63, 3.8) is 0 Å². The zero-order chi connectivity index (χ0) is 41.7. The first-order valence-corrected chi connectivity index (χ1v) is 21.9. The second-order valence-electron chi connectivity index (χ2n) is 18.1. The van der Waals surface area contributed by atoms with Crippen LogP contribution in [0.5, 0.6) is 0 Å². The molecule has 296 valence electrons. The van der Waals surface area contributed by atoms with Crippen molar-refractivity contribution in [2.45, 2.75) is 38.5 Å². The number of nitrogens with zero attached hydrogens (tertiary/aromatic N) is 2. The van der Waals surface area contributed by atoms with Gasteiger partial charge in [-0.25, -0.2) is 0 Å². The molecule has 0 N–H and O–H groups in total. The molecule has 9 aromatic carbocycles. The van der Waals surface area contributed by atoms with E-state index in [1.165, 1.54) is 94.3 Å². The van der Waals surface area contributed by atoms with Crippen molar-refractivity contribution >= 4 is 38.9 Å². The Balaban J connectivity index is 1.07. The molecule has 0 amide bonds. The first-order valence-electron chi connectivity index (χ1n) is 21.9. The minimum atomic E-state index is -0.132. The lowest BCUT2D eigenvalue weighted by molar-refractivity contribution is 0.660. The Morgan fingerprint density at radius 2 is 0.919 bits per heavy atom. The molecular formula is C60H46N2. The summed E-state index contributed by atoms with van der Waals surface area (Å²) in [4.78, 5) is 2.52. The van der Waals surface area contributed by atoms with Crippen molar-refractivity contribution in [1.82, 2.24) is 4.57 Å². The van der Waals surface area contributed by atoms with E-state index in [1.54, 1.807) is 0 Å². The van der Waals surface area contributed by atoms with Gasteiger partial charge in [0.2, 0.25) is 0 Å². The zero-order valence-corrected chi connectivity index (χ0v) is 35.5. The molecule has 0 saturated carbocycles. The number of hydrogen-bond donors (Lipinski definition) is 0. The molecule has 0 unspecified atom stereocenters. The van der Waals surface area contributed by atoms with Gasteiger partial charge >= 0.3 is 0 Å². The van der Waals surface area contributed by atoms with Crippen molar-refractivity contribution in [2.75, 3.05) is 4.90 Å². The third-order valence-electron chi connectivity index (χ3n) is 14.0. The number of aromatic nitrogens is 1. The van der Waals surface area contributed by atoms with Gasteiger partial charge in [0.1, 0.15) is 0 Å². The fraction of sp³-hybridized carbons (Fsp3) is 0.100. The van der Waals surface area contributed by atoms with Crippen LogP contribution in [0.25, 0.3) is 72.0 Å². The largest absolute Gasteiger partial charge is 0.309 e. The Morgan fingerprint density at radius 3 is 1.73 bits per heavy atom. The Hall–Kier alpha value is -7.42. The van der Waals surface area contributed by atoms with E-state index >= 15 is 0 Å². The highest BCUT2D eigenvalue weighted by Crippen LogP contribution is 2.56. The van der Waals surface area contributed by atoms with Gasteiger partial charge in [0, 0.05) is 49.7 Å². The maximum Gasteiger partial charge on any atom is 0.0619 e. The van der Waals surface area contributed by atoms with Crippen LogP contribution in [0.15, 0.2) is 206 Å². The first kappa shape index (κ1) is 36.4. The van der Waals surface area contributed by atoms with E-state index in [-0.39, 0.29) is 10.8 Å². The lowest BCUT2D eigenvalue weighted by atomic mass is 9.82. The summed E-state index contributed by atoms with van der Waals surface area (Å²) in [5.41, 5.74) is 22.4. The van der Waals surface area contributed by atoms with E-state index in [0.717, 1.165) is 17.1 Å². The number of fused-ring (bicyclic) bond motifs is 9. The van der Waals surface area contributed by atoms with Crippen LogP contribution < -0.4 is 4.90 Å². The lowest BCUT2D eigenvalue weighted by Gasteiger charge is -2.31. The predicted octanol–water partition coefficient (Wildman–Crippen LogP) is 16.2. The van der Waals surface area contributed by atoms with E-state index in [4.69, 9.17) is 0 Å². The summed E-state index contributed by atoms with van der Waals surface area (Å²) in [7, 11) is 0. The van der Waals surface area contributed by atoms with E-state index in [2.05, 4.69) is 243 Å². The van der Waals surface area contributed by atoms with Crippen LogP contribution >= 0.6 is 0 Å². The molecule has 62 heavy (non-hydrogen) atoms. The van der Waals surface area contributed by atoms with Gasteiger partial charge in [-0.05, 0) is 98.6 Å². The third kappa shape index (κ3) is 5.23. The summed E-state index contributed by atoms with van der Waals surface area (Å²) in [6.45, 7) is 9.45. The molecule has 0 saturated heterocycles. The molecule has 0 atom stereocenters. The smallest absolute Gasteiger partial charge is 0.0619 e. The average molecular weight is 795 g/mol. The molecule has 2 aliphatic carbocycles. The summed E-state index contributed by atoms with van der Waals surface area (Å²) in [5.74, 6) is 0. The molecule has 1 heterocycles. The molecule has 0 fully saturated rings. The van der Waals surface area contributed by atoms with E-state index in [0.29, 0.717) is 0 Å². The van der Waals surface area contributed by atoms with Gasteiger partial charge in [-0.2, -0.15) is 0 Å². The minimum Gasteiger partial charge on any atom is -0.309 e. The minimum absolute atomic E-state index is 0.0532. The van der Waals surface area contributed by atoms with Crippen LogP contribution in [0.1, 0.15) is 49.9 Å². The van der Waals surface area contributed by atoms with Crippen molar-refractivity contribution in [3.05, 3.63) is 229 Å². The van der Waals surface area contributed by atoms with Crippen LogP contribution in [0.2, 0.25) is 0 Å². The zero-order valence-electron chi connectivity index (χ0n) is 35.5. The standard InChI is InChI=1S/C60H46N2/c1-59(2)50-26-12-8-21-45(50)49-38-40(34-37-52(49)59)43-20-10-14-29-54(43)61(56-31-17-28-53-57(56)48-23-9-13-27-51(48)60(53,3)4)42-35-32-39(33-36-42)44-24-16-25-47-46-22-11-15-30-55(46)62(58(44)47)41-18-6-5-7-19-41/h5-38H,1-4H3. The Morgan fingerprint density at radius 1 is 0.371 bits per heavy atom. The quantitative estimate of drug-likeness (QED) is 0.163. The molecule has 1 aromatic heterocycles. The van der Waals surface area contributed by atoms with Gasteiger partial charge in [-0.15, -0.1) is 0 Å². The predicted molar refractivity (Wildman–Crippen MR) is 261 cm³/mol. The molecule has 10 aromatic rings. The molecule has 12 rings (SSSR count). The average Bonchev–Trinajstić information content (AvgIpc) is 3.87. The molecule has 0 aliphatic heterocycles. The molecule has 0 spiro atoms. The number of rotatable bonds is 6. The lowest BCUT2D eigenvalue weighted by Crippen LogP contribution is -2.16. The summed E-state index contributed by atoms with van der Waals surface area (Å²) in [6.07, 6.45) is 0. The number of benzene rings is 9. The number of para-hydroxylation sites is 4. The van der Waals surface area contributed by atoms with Crippen molar-refractivity contribution in [3.8, 4) is 50.2 Å². The fourth-order valence-corrected chi connectivity index (χ4v) is 11.0. The topological polar surface area (TPSA) is 8.17 Å². The van der Waals surface area contributed by atoms with Gasteiger partial charge in [0.05, 0.1) is 22.4 Å². The summed E-state index contributed by atoms with van der Waals surface area (Å²) in [6, 6.07) is 76.5. The molecule has 2 nitrogen and oxygen atoms in total. The van der Waals surface area contributed by atoms with Crippen LogP contribution in [0.4, 0.5) is 17.1 Å². The van der Waals surface area contributed by atoms with E-state index in [1.807, 2.05) is 0 Å². The Labute approximate surface area is 364 Å². The van der Waals surface area contributed by atoms with Gasteiger partial charge < -0.3 is 9.47 Å². The second-order valence-corrected chi connectivity index (χ2v) is 18.1.